The van der Waals surface area contributed by atoms with Gasteiger partial charge in [-0.05, 0) is 48.3 Å². The molecular formula is C21H42O2Si2. The molecule has 146 valence electrons. The fraction of sp³-hybridized carbons (Fsp3) is 0.810. The molecule has 0 amide bonds. The Kier molecular flexibility index (Phi) is 6.82. The van der Waals surface area contributed by atoms with Gasteiger partial charge in [0.25, 0.3) is 0 Å². The van der Waals surface area contributed by atoms with Crippen LogP contribution in [0.1, 0.15) is 54.4 Å². The van der Waals surface area contributed by atoms with Crippen molar-refractivity contribution in [2.45, 2.75) is 103 Å². The molecule has 0 N–H and O–H groups in total. The molecule has 0 bridgehead atoms. The molecule has 0 aromatic carbocycles. The van der Waals surface area contributed by atoms with E-state index in [-0.39, 0.29) is 22.3 Å². The highest BCUT2D eigenvalue weighted by Gasteiger charge is 2.45. The molecule has 0 aliphatic heterocycles. The van der Waals surface area contributed by atoms with E-state index in [0.29, 0.717) is 5.92 Å². The number of hydrogen-bond donors (Lipinski definition) is 0. The maximum atomic E-state index is 6.74. The second-order valence-corrected chi connectivity index (χ2v) is 20.3. The minimum Gasteiger partial charge on any atom is -0.414 e. The summed E-state index contributed by atoms with van der Waals surface area (Å²) in [6.07, 6.45) is 4.29. The first-order chi connectivity index (χ1) is 11.0. The van der Waals surface area contributed by atoms with Crippen molar-refractivity contribution in [3.8, 4) is 0 Å². The summed E-state index contributed by atoms with van der Waals surface area (Å²) in [6, 6.07) is 0. The maximum Gasteiger partial charge on any atom is 0.192 e. The summed E-state index contributed by atoms with van der Waals surface area (Å²) in [6.45, 7) is 31.5. The average Bonchev–Trinajstić information content (AvgIpc) is 2.38. The summed E-state index contributed by atoms with van der Waals surface area (Å²) in [4.78, 5) is 0. The van der Waals surface area contributed by atoms with Crippen LogP contribution >= 0.6 is 0 Å². The van der Waals surface area contributed by atoms with Crippen molar-refractivity contribution in [1.29, 1.82) is 0 Å². The Morgan fingerprint density at radius 3 is 1.72 bits per heavy atom. The normalized spacial score (nSPS) is 26.6. The van der Waals surface area contributed by atoms with Crippen molar-refractivity contribution in [2.75, 3.05) is 0 Å². The van der Waals surface area contributed by atoms with Gasteiger partial charge < -0.3 is 8.85 Å². The monoisotopic (exact) mass is 382 g/mol. The molecule has 0 radical (unpaired) electrons. The summed E-state index contributed by atoms with van der Waals surface area (Å²) in [5.74, 6) is 0.290. The van der Waals surface area contributed by atoms with Crippen molar-refractivity contribution >= 4 is 16.6 Å². The minimum absolute atomic E-state index is 0.0902. The van der Waals surface area contributed by atoms with Crippen molar-refractivity contribution in [3.63, 3.8) is 0 Å². The van der Waals surface area contributed by atoms with Crippen LogP contribution in [-0.2, 0) is 8.85 Å². The smallest absolute Gasteiger partial charge is 0.192 e. The molecule has 1 aliphatic rings. The Labute approximate surface area is 159 Å². The van der Waals surface area contributed by atoms with Gasteiger partial charge in [-0.25, -0.2) is 0 Å². The van der Waals surface area contributed by atoms with E-state index < -0.39 is 16.6 Å². The van der Waals surface area contributed by atoms with E-state index in [2.05, 4.69) is 80.9 Å². The van der Waals surface area contributed by atoms with Gasteiger partial charge in [-0.15, -0.1) is 6.58 Å². The zero-order chi connectivity index (χ0) is 19.8. The molecule has 2 nitrogen and oxygen atoms in total. The van der Waals surface area contributed by atoms with Gasteiger partial charge >= 0.3 is 0 Å². The predicted molar refractivity (Wildman–Crippen MR) is 116 cm³/mol. The number of hydrogen-bond acceptors (Lipinski definition) is 2. The maximum absolute atomic E-state index is 6.74. The molecule has 3 atom stereocenters. The highest BCUT2D eigenvalue weighted by Crippen LogP contribution is 2.44. The standard InChI is InChI=1S/C21H42O2Si2/c1-13-17-14-18(22-24(9,10)20(3,4)5)15-19(16(17)2)23-25(11,12)21(6,7)8/h13,17-19H,1-2,14-15H2,3-12H3/t17?,18-,19-/m0/s1. The molecule has 0 aromatic rings. The molecule has 1 fully saturated rings. The van der Waals surface area contributed by atoms with Gasteiger partial charge in [-0.1, -0.05) is 54.2 Å². The highest BCUT2D eigenvalue weighted by atomic mass is 28.4. The first-order valence-electron chi connectivity index (χ1n) is 9.69. The summed E-state index contributed by atoms with van der Waals surface area (Å²) in [5.41, 5.74) is 1.19. The van der Waals surface area contributed by atoms with E-state index in [9.17, 15) is 0 Å². The lowest BCUT2D eigenvalue weighted by Crippen LogP contribution is -2.50. The van der Waals surface area contributed by atoms with E-state index in [1.54, 1.807) is 0 Å². The molecule has 1 saturated carbocycles. The molecule has 1 rings (SSSR count). The van der Waals surface area contributed by atoms with Crippen molar-refractivity contribution in [1.82, 2.24) is 0 Å². The van der Waals surface area contributed by atoms with Crippen LogP contribution in [-0.4, -0.2) is 28.8 Å². The number of rotatable bonds is 5. The second kappa shape index (κ2) is 7.45. The van der Waals surface area contributed by atoms with Gasteiger partial charge in [0, 0.05) is 18.4 Å². The van der Waals surface area contributed by atoms with Crippen molar-refractivity contribution in [3.05, 3.63) is 24.8 Å². The Balaban J connectivity index is 3.00. The third-order valence-corrected chi connectivity index (χ3v) is 15.7. The third kappa shape index (κ3) is 5.41. The summed E-state index contributed by atoms with van der Waals surface area (Å²) in [5, 5.41) is 0.422. The zero-order valence-corrected chi connectivity index (χ0v) is 20.5. The lowest BCUT2D eigenvalue weighted by atomic mass is 9.82. The lowest BCUT2D eigenvalue weighted by Gasteiger charge is -2.46. The molecule has 0 heterocycles. The largest absolute Gasteiger partial charge is 0.414 e. The van der Waals surface area contributed by atoms with Crippen LogP contribution in [0, 0.1) is 5.92 Å². The molecule has 0 spiro atoms. The lowest BCUT2D eigenvalue weighted by molar-refractivity contribution is 0.0710. The van der Waals surface area contributed by atoms with Gasteiger partial charge in [0.15, 0.2) is 16.6 Å². The van der Waals surface area contributed by atoms with Gasteiger partial charge in [0.05, 0.1) is 6.10 Å². The minimum atomic E-state index is -1.84. The van der Waals surface area contributed by atoms with Crippen LogP contribution in [0.25, 0.3) is 0 Å². The fourth-order valence-electron chi connectivity index (χ4n) is 2.75. The predicted octanol–water partition coefficient (Wildman–Crippen LogP) is 6.92. The molecular weight excluding hydrogens is 340 g/mol. The van der Waals surface area contributed by atoms with E-state index in [1.165, 1.54) is 5.57 Å². The van der Waals surface area contributed by atoms with Crippen LogP contribution in [0.4, 0.5) is 0 Å². The quantitative estimate of drug-likeness (QED) is 0.379. The summed E-state index contributed by atoms with van der Waals surface area (Å²) < 4.78 is 13.5. The number of allylic oxidation sites excluding steroid dienone is 1. The summed E-state index contributed by atoms with van der Waals surface area (Å²) >= 11 is 0. The van der Waals surface area contributed by atoms with Gasteiger partial charge in [-0.3, -0.25) is 0 Å². The topological polar surface area (TPSA) is 18.5 Å². The molecule has 25 heavy (non-hydrogen) atoms. The molecule has 0 aromatic heterocycles. The van der Waals surface area contributed by atoms with E-state index in [0.717, 1.165) is 12.8 Å². The highest BCUT2D eigenvalue weighted by molar-refractivity contribution is 6.74. The Hall–Kier alpha value is -0.166. The van der Waals surface area contributed by atoms with Crippen LogP contribution in [0.2, 0.25) is 36.3 Å². The van der Waals surface area contributed by atoms with Crippen LogP contribution < -0.4 is 0 Å². The van der Waals surface area contributed by atoms with E-state index in [1.807, 2.05) is 6.08 Å². The second-order valence-electron chi connectivity index (χ2n) is 10.8. The van der Waals surface area contributed by atoms with Crippen molar-refractivity contribution < 1.29 is 8.85 Å². The molecule has 0 saturated heterocycles. The Morgan fingerprint density at radius 1 is 0.880 bits per heavy atom. The van der Waals surface area contributed by atoms with E-state index in [4.69, 9.17) is 8.85 Å². The van der Waals surface area contributed by atoms with Crippen molar-refractivity contribution in [2.24, 2.45) is 5.92 Å². The zero-order valence-electron chi connectivity index (χ0n) is 18.5. The SMILES string of the molecule is C=CC1C[C@H](O[Si](C)(C)C(C)(C)C)C[C@H](O[Si](C)(C)C(C)(C)C)C1=C. The fourth-order valence-corrected chi connectivity index (χ4v) is 5.45. The average molecular weight is 383 g/mol. The Morgan fingerprint density at radius 2 is 1.32 bits per heavy atom. The van der Waals surface area contributed by atoms with Gasteiger partial charge in [0.1, 0.15) is 0 Å². The van der Waals surface area contributed by atoms with E-state index >= 15 is 0 Å². The first-order valence-corrected chi connectivity index (χ1v) is 15.5. The van der Waals surface area contributed by atoms with Gasteiger partial charge in [0.2, 0.25) is 0 Å². The molecule has 1 aliphatic carbocycles. The van der Waals surface area contributed by atoms with Gasteiger partial charge in [-0.2, -0.15) is 0 Å². The molecule has 1 unspecified atom stereocenters. The third-order valence-electron chi connectivity index (χ3n) is 6.68. The van der Waals surface area contributed by atoms with Crippen LogP contribution in [0.15, 0.2) is 24.8 Å². The Bertz CT molecular complexity index is 495. The summed E-state index contributed by atoms with van der Waals surface area (Å²) in [7, 11) is -3.63. The first kappa shape index (κ1) is 22.9. The molecule has 4 heteroatoms. The van der Waals surface area contributed by atoms with Crippen LogP contribution in [0.3, 0.4) is 0 Å². The van der Waals surface area contributed by atoms with Crippen LogP contribution in [0.5, 0.6) is 0 Å².